The van der Waals surface area contributed by atoms with Gasteiger partial charge in [-0.25, -0.2) is 0 Å². The summed E-state index contributed by atoms with van der Waals surface area (Å²) in [6.45, 7) is 6.89. The number of nitrogens with one attached hydrogen (secondary N) is 2. The molecule has 0 unspecified atom stereocenters. The predicted octanol–water partition coefficient (Wildman–Crippen LogP) is 1.20. The fourth-order valence-electron chi connectivity index (χ4n) is 3.87. The summed E-state index contributed by atoms with van der Waals surface area (Å²) >= 11 is 0. The Balaban J connectivity index is 1.38. The molecule has 3 fully saturated rings. The Morgan fingerprint density at radius 3 is 2.70 bits per heavy atom. The molecule has 0 bridgehead atoms. The highest BCUT2D eigenvalue weighted by atomic mass is 16.4. The first kappa shape index (κ1) is 18.5. The maximum absolute atomic E-state index is 13.0. The van der Waals surface area contributed by atoms with Gasteiger partial charge in [0.1, 0.15) is 11.8 Å². The molecule has 2 amide bonds. The minimum absolute atomic E-state index is 0.0627. The van der Waals surface area contributed by atoms with E-state index in [1.165, 1.54) is 12.8 Å². The van der Waals surface area contributed by atoms with Crippen LogP contribution in [0.25, 0.3) is 0 Å². The summed E-state index contributed by atoms with van der Waals surface area (Å²) in [6.07, 6.45) is 4.50. The molecule has 1 aromatic rings. The molecule has 7 heteroatoms. The number of carbonyl (C=O) groups excluding carboxylic acids is 2. The van der Waals surface area contributed by atoms with E-state index < -0.39 is 6.04 Å². The van der Waals surface area contributed by atoms with Gasteiger partial charge >= 0.3 is 0 Å². The maximum atomic E-state index is 13.0. The first-order valence-corrected chi connectivity index (χ1v) is 10.2. The van der Waals surface area contributed by atoms with Crippen LogP contribution in [0.3, 0.4) is 0 Å². The van der Waals surface area contributed by atoms with Crippen LogP contribution in [0.2, 0.25) is 0 Å². The normalized spacial score (nSPS) is 24.8. The predicted molar refractivity (Wildman–Crippen MR) is 101 cm³/mol. The lowest BCUT2D eigenvalue weighted by Gasteiger charge is -2.34. The SMILES string of the molecule is CC1CCN(Cc2ccc(C(=O)N3CCNC[C@H]3C(=O)NC3CC3)o2)CC1. The smallest absolute Gasteiger partial charge is 0.290 e. The highest BCUT2D eigenvalue weighted by Gasteiger charge is 2.36. The van der Waals surface area contributed by atoms with Crippen LogP contribution in [0, 0.1) is 5.92 Å². The Labute approximate surface area is 160 Å². The average molecular weight is 374 g/mol. The second-order valence-electron chi connectivity index (χ2n) is 8.23. The number of rotatable bonds is 5. The molecule has 0 aromatic carbocycles. The topological polar surface area (TPSA) is 77.8 Å². The number of likely N-dealkylation sites (tertiary alicyclic amines) is 1. The molecule has 1 aliphatic carbocycles. The molecule has 2 aliphatic heterocycles. The van der Waals surface area contributed by atoms with Crippen molar-refractivity contribution in [1.82, 2.24) is 20.4 Å². The molecule has 1 saturated carbocycles. The number of piperidine rings is 1. The standard InChI is InChI=1S/C20H30N4O3/c1-14-6-9-23(10-7-14)13-16-4-5-18(27-16)20(26)24-11-8-21-12-17(24)19(25)22-15-2-3-15/h4-5,14-15,17,21H,2-3,6-13H2,1H3,(H,22,25)/t17-/m0/s1. The quantitative estimate of drug-likeness (QED) is 0.810. The molecule has 0 radical (unpaired) electrons. The van der Waals surface area contributed by atoms with E-state index in [-0.39, 0.29) is 11.8 Å². The van der Waals surface area contributed by atoms with Gasteiger partial charge in [0.25, 0.3) is 5.91 Å². The summed E-state index contributed by atoms with van der Waals surface area (Å²) in [4.78, 5) is 29.5. The second-order valence-corrected chi connectivity index (χ2v) is 8.23. The van der Waals surface area contributed by atoms with E-state index >= 15 is 0 Å². The largest absolute Gasteiger partial charge is 0.455 e. The van der Waals surface area contributed by atoms with Crippen LogP contribution in [0.1, 0.15) is 48.9 Å². The van der Waals surface area contributed by atoms with Crippen molar-refractivity contribution in [3.8, 4) is 0 Å². The van der Waals surface area contributed by atoms with E-state index in [1.807, 2.05) is 6.07 Å². The van der Waals surface area contributed by atoms with Gasteiger partial charge in [0.05, 0.1) is 6.54 Å². The van der Waals surface area contributed by atoms with Crippen LogP contribution >= 0.6 is 0 Å². The van der Waals surface area contributed by atoms with Crippen molar-refractivity contribution in [3.63, 3.8) is 0 Å². The molecule has 2 saturated heterocycles. The first-order chi connectivity index (χ1) is 13.1. The molecule has 1 atom stereocenters. The van der Waals surface area contributed by atoms with Crippen LogP contribution in [-0.2, 0) is 11.3 Å². The van der Waals surface area contributed by atoms with Crippen LogP contribution in [0.15, 0.2) is 16.5 Å². The fraction of sp³-hybridized carbons (Fsp3) is 0.700. The molecule has 27 heavy (non-hydrogen) atoms. The molecule has 4 rings (SSSR count). The van der Waals surface area contributed by atoms with Gasteiger partial charge in [0.15, 0.2) is 5.76 Å². The van der Waals surface area contributed by atoms with Crippen molar-refractivity contribution in [2.75, 3.05) is 32.7 Å². The van der Waals surface area contributed by atoms with Gasteiger partial charge in [0.2, 0.25) is 5.91 Å². The number of hydrogen-bond donors (Lipinski definition) is 2. The third-order valence-corrected chi connectivity index (χ3v) is 5.86. The minimum Gasteiger partial charge on any atom is -0.455 e. The Hall–Kier alpha value is -1.86. The molecular weight excluding hydrogens is 344 g/mol. The van der Waals surface area contributed by atoms with Crippen molar-refractivity contribution in [2.45, 2.75) is 51.2 Å². The third kappa shape index (κ3) is 4.52. The zero-order chi connectivity index (χ0) is 18.8. The first-order valence-electron chi connectivity index (χ1n) is 10.2. The fourth-order valence-corrected chi connectivity index (χ4v) is 3.87. The van der Waals surface area contributed by atoms with Crippen molar-refractivity contribution >= 4 is 11.8 Å². The van der Waals surface area contributed by atoms with Crippen molar-refractivity contribution in [3.05, 3.63) is 23.7 Å². The monoisotopic (exact) mass is 374 g/mol. The Morgan fingerprint density at radius 2 is 1.96 bits per heavy atom. The van der Waals surface area contributed by atoms with Crippen LogP contribution in [0.5, 0.6) is 0 Å². The van der Waals surface area contributed by atoms with Gasteiger partial charge in [-0.15, -0.1) is 0 Å². The summed E-state index contributed by atoms with van der Waals surface area (Å²) < 4.78 is 5.86. The number of furan rings is 1. The van der Waals surface area contributed by atoms with Gasteiger partial charge in [-0.1, -0.05) is 6.92 Å². The van der Waals surface area contributed by atoms with E-state index in [9.17, 15) is 9.59 Å². The second kappa shape index (κ2) is 8.02. The Bertz CT molecular complexity index is 677. The zero-order valence-electron chi connectivity index (χ0n) is 16.1. The third-order valence-electron chi connectivity index (χ3n) is 5.86. The van der Waals surface area contributed by atoms with E-state index in [2.05, 4.69) is 22.5 Å². The van der Waals surface area contributed by atoms with Gasteiger partial charge in [-0.05, 0) is 56.8 Å². The van der Waals surface area contributed by atoms with Gasteiger partial charge < -0.3 is 20.0 Å². The zero-order valence-corrected chi connectivity index (χ0v) is 16.1. The van der Waals surface area contributed by atoms with E-state index in [0.717, 1.165) is 44.2 Å². The van der Waals surface area contributed by atoms with E-state index in [0.29, 0.717) is 31.4 Å². The molecule has 7 nitrogen and oxygen atoms in total. The Kier molecular flexibility index (Phi) is 5.50. The lowest BCUT2D eigenvalue weighted by Crippen LogP contribution is -2.59. The van der Waals surface area contributed by atoms with Crippen LogP contribution in [0.4, 0.5) is 0 Å². The minimum atomic E-state index is -0.469. The number of hydrogen-bond acceptors (Lipinski definition) is 5. The van der Waals surface area contributed by atoms with Crippen LogP contribution in [-0.4, -0.2) is 66.4 Å². The van der Waals surface area contributed by atoms with Crippen molar-refractivity contribution in [1.29, 1.82) is 0 Å². The number of amides is 2. The summed E-state index contributed by atoms with van der Waals surface area (Å²) in [5.74, 6) is 1.70. The summed E-state index contributed by atoms with van der Waals surface area (Å²) in [7, 11) is 0. The highest BCUT2D eigenvalue weighted by molar-refractivity contribution is 5.96. The van der Waals surface area contributed by atoms with Gasteiger partial charge in [0, 0.05) is 25.7 Å². The molecule has 0 spiro atoms. The number of carbonyl (C=O) groups is 2. The van der Waals surface area contributed by atoms with Crippen molar-refractivity contribution in [2.24, 2.45) is 5.92 Å². The lowest BCUT2D eigenvalue weighted by atomic mass is 9.99. The number of nitrogens with zero attached hydrogens (tertiary/aromatic N) is 2. The Morgan fingerprint density at radius 1 is 1.19 bits per heavy atom. The van der Waals surface area contributed by atoms with Crippen molar-refractivity contribution < 1.29 is 14.0 Å². The maximum Gasteiger partial charge on any atom is 0.290 e. The summed E-state index contributed by atoms with van der Waals surface area (Å²) in [5, 5.41) is 6.23. The molecule has 2 N–H and O–H groups in total. The van der Waals surface area contributed by atoms with Gasteiger partial charge in [-0.3, -0.25) is 14.5 Å². The highest BCUT2D eigenvalue weighted by Crippen LogP contribution is 2.22. The average Bonchev–Trinajstić information content (AvgIpc) is 3.38. The van der Waals surface area contributed by atoms with E-state index in [4.69, 9.17) is 4.42 Å². The number of piperazine rings is 1. The molecular formula is C20H30N4O3. The van der Waals surface area contributed by atoms with Crippen LogP contribution < -0.4 is 10.6 Å². The van der Waals surface area contributed by atoms with Gasteiger partial charge in [-0.2, -0.15) is 0 Å². The summed E-state index contributed by atoms with van der Waals surface area (Å²) in [6, 6.07) is 3.47. The van der Waals surface area contributed by atoms with E-state index in [1.54, 1.807) is 11.0 Å². The molecule has 3 heterocycles. The molecule has 1 aromatic heterocycles. The summed E-state index contributed by atoms with van der Waals surface area (Å²) in [5.41, 5.74) is 0. The molecule has 3 aliphatic rings. The molecule has 148 valence electrons. The lowest BCUT2D eigenvalue weighted by molar-refractivity contribution is -0.126.